The maximum Gasteiger partial charge on any atom is 0.244 e. The predicted molar refractivity (Wildman–Crippen MR) is 122 cm³/mol. The third-order valence-corrected chi connectivity index (χ3v) is 5.00. The van der Waals surface area contributed by atoms with Gasteiger partial charge in [-0.05, 0) is 56.7 Å². The van der Waals surface area contributed by atoms with Crippen molar-refractivity contribution in [1.82, 2.24) is 15.1 Å². The molecule has 0 bridgehead atoms. The fourth-order valence-electron chi connectivity index (χ4n) is 3.32. The molecule has 2 aromatic carbocycles. The number of nitrogens with zero attached hydrogens (tertiary/aromatic N) is 2. The van der Waals surface area contributed by atoms with Gasteiger partial charge in [-0.2, -0.15) is 5.10 Å². The molecule has 3 aromatic rings. The number of nitrogens with one attached hydrogen (secondary N) is 1. The zero-order chi connectivity index (χ0) is 22.2. The van der Waals surface area contributed by atoms with Crippen LogP contribution < -0.4 is 14.8 Å². The first kappa shape index (κ1) is 22.2. The Morgan fingerprint density at radius 3 is 2.68 bits per heavy atom. The van der Waals surface area contributed by atoms with E-state index in [-0.39, 0.29) is 11.9 Å². The van der Waals surface area contributed by atoms with Crippen molar-refractivity contribution in [3.63, 3.8) is 0 Å². The van der Waals surface area contributed by atoms with E-state index in [1.165, 1.54) is 0 Å². The van der Waals surface area contributed by atoms with Crippen LogP contribution in [0.5, 0.6) is 11.5 Å². The van der Waals surface area contributed by atoms with E-state index in [0.29, 0.717) is 6.61 Å². The molecule has 3 rings (SSSR count). The number of aryl methyl sites for hydroxylation is 2. The molecule has 6 nitrogen and oxygen atoms in total. The van der Waals surface area contributed by atoms with Gasteiger partial charge < -0.3 is 14.8 Å². The van der Waals surface area contributed by atoms with E-state index in [4.69, 9.17) is 9.47 Å². The van der Waals surface area contributed by atoms with Crippen LogP contribution in [0.15, 0.2) is 60.8 Å². The quantitative estimate of drug-likeness (QED) is 0.511. The van der Waals surface area contributed by atoms with Crippen LogP contribution in [0.4, 0.5) is 0 Å². The molecule has 0 aliphatic heterocycles. The summed E-state index contributed by atoms with van der Waals surface area (Å²) in [5.74, 6) is 1.38. The third kappa shape index (κ3) is 5.98. The summed E-state index contributed by atoms with van der Waals surface area (Å²) in [5, 5.41) is 7.44. The fourth-order valence-corrected chi connectivity index (χ4v) is 3.32. The van der Waals surface area contributed by atoms with Crippen molar-refractivity contribution in [1.29, 1.82) is 0 Å². The Morgan fingerprint density at radius 2 is 2.00 bits per heavy atom. The topological polar surface area (TPSA) is 65.4 Å². The monoisotopic (exact) mass is 419 g/mol. The highest BCUT2D eigenvalue weighted by atomic mass is 16.5. The number of amides is 1. The Labute approximate surface area is 183 Å². The lowest BCUT2D eigenvalue weighted by Gasteiger charge is -2.12. The lowest BCUT2D eigenvalue weighted by Crippen LogP contribution is -2.24. The molecule has 1 heterocycles. The second kappa shape index (κ2) is 10.5. The lowest BCUT2D eigenvalue weighted by molar-refractivity contribution is -0.117. The number of hydrogen-bond donors (Lipinski definition) is 1. The van der Waals surface area contributed by atoms with Gasteiger partial charge in [0, 0.05) is 29.9 Å². The van der Waals surface area contributed by atoms with Crippen LogP contribution in [0.3, 0.4) is 0 Å². The summed E-state index contributed by atoms with van der Waals surface area (Å²) in [6, 6.07) is 15.3. The van der Waals surface area contributed by atoms with E-state index in [9.17, 15) is 4.79 Å². The summed E-state index contributed by atoms with van der Waals surface area (Å²) in [7, 11) is 1.63. The van der Waals surface area contributed by atoms with Crippen molar-refractivity contribution in [2.45, 2.75) is 40.0 Å². The van der Waals surface area contributed by atoms with Crippen molar-refractivity contribution < 1.29 is 14.3 Å². The van der Waals surface area contributed by atoms with Gasteiger partial charge in [-0.25, -0.2) is 0 Å². The first-order chi connectivity index (χ1) is 15.0. The number of hydrogen-bond acceptors (Lipinski definition) is 4. The summed E-state index contributed by atoms with van der Waals surface area (Å²) in [4.78, 5) is 12.4. The second-order valence-corrected chi connectivity index (χ2v) is 7.26. The molecule has 1 atom stereocenters. The minimum absolute atomic E-state index is 0.122. The van der Waals surface area contributed by atoms with Crippen LogP contribution in [-0.2, 0) is 17.9 Å². The molecule has 1 unspecified atom stereocenters. The zero-order valence-corrected chi connectivity index (χ0v) is 18.5. The van der Waals surface area contributed by atoms with E-state index >= 15 is 0 Å². The Morgan fingerprint density at radius 1 is 1.23 bits per heavy atom. The lowest BCUT2D eigenvalue weighted by atomic mass is 10.1. The molecule has 0 saturated heterocycles. The molecule has 1 N–H and O–H groups in total. The summed E-state index contributed by atoms with van der Waals surface area (Å²) in [6.07, 6.45) is 5.31. The maximum atomic E-state index is 12.4. The molecular formula is C25H29N3O3. The average molecular weight is 420 g/mol. The van der Waals surface area contributed by atoms with Gasteiger partial charge in [0.1, 0.15) is 18.1 Å². The highest BCUT2D eigenvalue weighted by Gasteiger charge is 2.13. The van der Waals surface area contributed by atoms with Crippen molar-refractivity contribution in [2.24, 2.45) is 0 Å². The zero-order valence-electron chi connectivity index (χ0n) is 18.5. The Balaban J connectivity index is 1.65. The van der Waals surface area contributed by atoms with E-state index < -0.39 is 0 Å². The first-order valence-electron chi connectivity index (χ1n) is 10.4. The summed E-state index contributed by atoms with van der Waals surface area (Å²) >= 11 is 0. The first-order valence-corrected chi connectivity index (χ1v) is 10.4. The van der Waals surface area contributed by atoms with E-state index in [1.54, 1.807) is 19.3 Å². The molecule has 6 heteroatoms. The molecule has 162 valence electrons. The predicted octanol–water partition coefficient (Wildman–Crippen LogP) is 4.69. The number of para-hydroxylation sites is 1. The average Bonchev–Trinajstić information content (AvgIpc) is 3.18. The number of carbonyl (C=O) groups is 1. The minimum atomic E-state index is -0.158. The molecule has 31 heavy (non-hydrogen) atoms. The third-order valence-electron chi connectivity index (χ3n) is 5.00. The van der Waals surface area contributed by atoms with Crippen molar-refractivity contribution in [2.75, 3.05) is 7.11 Å². The van der Waals surface area contributed by atoms with Crippen molar-refractivity contribution in [3.8, 4) is 11.5 Å². The van der Waals surface area contributed by atoms with Crippen molar-refractivity contribution in [3.05, 3.63) is 83.2 Å². The molecule has 0 radical (unpaired) electrons. The normalized spacial score (nSPS) is 12.0. The number of carbonyl (C=O) groups excluding carboxylic acids is 1. The minimum Gasteiger partial charge on any atom is -0.496 e. The van der Waals surface area contributed by atoms with Crippen LogP contribution in [0, 0.1) is 6.92 Å². The number of rotatable bonds is 9. The summed E-state index contributed by atoms with van der Waals surface area (Å²) < 4.78 is 13.2. The standard InChI is InChI=1S/C25H29N3O3/c1-5-28-16-23(19(3)27-28)18(2)26-25(29)14-12-20-11-13-24(30-4)21(15-20)17-31-22-9-7-6-8-10-22/h6-16,18H,5,17H2,1-4H3,(H,26,29)/b14-12+. The molecule has 0 aliphatic carbocycles. The van der Waals surface area contributed by atoms with E-state index in [2.05, 4.69) is 10.4 Å². The van der Waals surface area contributed by atoms with Gasteiger partial charge in [0.15, 0.2) is 0 Å². The number of ether oxygens (including phenoxy) is 2. The number of benzene rings is 2. The molecule has 0 fully saturated rings. The Kier molecular flexibility index (Phi) is 7.49. The van der Waals surface area contributed by atoms with Crippen LogP contribution in [0.2, 0.25) is 0 Å². The smallest absolute Gasteiger partial charge is 0.244 e. The van der Waals surface area contributed by atoms with Gasteiger partial charge in [-0.3, -0.25) is 9.48 Å². The Bertz CT molecular complexity index is 1040. The van der Waals surface area contributed by atoms with Gasteiger partial charge in [0.2, 0.25) is 5.91 Å². The summed E-state index contributed by atoms with van der Waals surface area (Å²) in [6.45, 7) is 7.13. The largest absolute Gasteiger partial charge is 0.496 e. The molecule has 1 aromatic heterocycles. The fraction of sp³-hybridized carbons (Fsp3) is 0.280. The van der Waals surface area contributed by atoms with E-state index in [0.717, 1.165) is 40.4 Å². The Hall–Kier alpha value is -3.54. The number of methoxy groups -OCH3 is 1. The van der Waals surface area contributed by atoms with Gasteiger partial charge in [0.25, 0.3) is 0 Å². The molecular weight excluding hydrogens is 390 g/mol. The molecule has 0 spiro atoms. The van der Waals surface area contributed by atoms with E-state index in [1.807, 2.05) is 80.2 Å². The molecule has 0 saturated carbocycles. The van der Waals surface area contributed by atoms with Crippen LogP contribution in [0.25, 0.3) is 6.08 Å². The van der Waals surface area contributed by atoms with Crippen molar-refractivity contribution >= 4 is 12.0 Å². The van der Waals surface area contributed by atoms with Gasteiger partial charge in [0.05, 0.1) is 18.8 Å². The SMILES string of the molecule is CCn1cc(C(C)NC(=O)/C=C/c2ccc(OC)c(COc3ccccc3)c2)c(C)n1. The van der Waals surface area contributed by atoms with Gasteiger partial charge >= 0.3 is 0 Å². The number of aromatic nitrogens is 2. The molecule has 0 aliphatic rings. The van der Waals surface area contributed by atoms with Crippen LogP contribution in [-0.4, -0.2) is 22.8 Å². The highest BCUT2D eigenvalue weighted by Crippen LogP contribution is 2.23. The maximum absolute atomic E-state index is 12.4. The van der Waals surface area contributed by atoms with Crippen LogP contribution >= 0.6 is 0 Å². The summed E-state index contributed by atoms with van der Waals surface area (Å²) in [5.41, 5.74) is 3.75. The van der Waals surface area contributed by atoms with Gasteiger partial charge in [-0.15, -0.1) is 0 Å². The van der Waals surface area contributed by atoms with Crippen LogP contribution in [0.1, 0.15) is 42.3 Å². The highest BCUT2D eigenvalue weighted by molar-refractivity contribution is 5.92. The molecule has 1 amide bonds. The van der Waals surface area contributed by atoms with Gasteiger partial charge in [-0.1, -0.05) is 24.3 Å². The second-order valence-electron chi connectivity index (χ2n) is 7.26.